The molecule has 0 spiro atoms. The molecule has 0 radical (unpaired) electrons. The molecule has 176 valence electrons. The lowest BCUT2D eigenvalue weighted by atomic mass is 10.1. The van der Waals surface area contributed by atoms with Crippen molar-refractivity contribution < 1.29 is 29.0 Å². The van der Waals surface area contributed by atoms with Crippen LogP contribution in [0, 0.1) is 6.92 Å². The van der Waals surface area contributed by atoms with Crippen LogP contribution < -0.4 is 14.8 Å². The van der Waals surface area contributed by atoms with Crippen LogP contribution >= 0.6 is 11.6 Å². The number of rotatable bonds is 10. The summed E-state index contributed by atoms with van der Waals surface area (Å²) in [7, 11) is 1.45. The molecule has 0 aliphatic rings. The second-order valence-electron chi connectivity index (χ2n) is 7.18. The number of carbonyl (C=O) groups excluding carboxylic acids is 1. The molecule has 0 aliphatic carbocycles. The van der Waals surface area contributed by atoms with Crippen LogP contribution in [-0.2, 0) is 11.2 Å². The molecule has 11 heteroatoms. The van der Waals surface area contributed by atoms with E-state index in [1.54, 1.807) is 12.1 Å². The number of benzene rings is 1. The molecule has 0 aliphatic heterocycles. The zero-order valence-corrected chi connectivity index (χ0v) is 19.2. The van der Waals surface area contributed by atoms with Crippen molar-refractivity contribution in [2.24, 2.45) is 0 Å². The summed E-state index contributed by atoms with van der Waals surface area (Å²) in [4.78, 5) is 20.0. The fraction of sp³-hybridized carbons (Fsp3) is 0.364. The number of nitrogens with zero attached hydrogens (tertiary/aromatic N) is 3. The zero-order chi connectivity index (χ0) is 24.0. The van der Waals surface area contributed by atoms with Gasteiger partial charge >= 0.3 is 0 Å². The monoisotopic (exact) mass is 476 g/mol. The molecule has 0 bridgehead atoms. The zero-order valence-electron chi connectivity index (χ0n) is 18.5. The van der Waals surface area contributed by atoms with Gasteiger partial charge in [-0.25, -0.2) is 0 Å². The summed E-state index contributed by atoms with van der Waals surface area (Å²) < 4.78 is 16.4. The Morgan fingerprint density at radius 1 is 1.24 bits per heavy atom. The Hall–Kier alpha value is -3.21. The summed E-state index contributed by atoms with van der Waals surface area (Å²) in [5.41, 5.74) is 3.11. The van der Waals surface area contributed by atoms with Crippen LogP contribution in [0.15, 0.2) is 28.8 Å². The number of pyridine rings is 1. The molecule has 2 aromatic heterocycles. The minimum absolute atomic E-state index is 0.0860. The highest BCUT2D eigenvalue weighted by molar-refractivity contribution is 6.32. The fourth-order valence-electron chi connectivity index (χ4n) is 3.01. The van der Waals surface area contributed by atoms with E-state index in [0.29, 0.717) is 23.0 Å². The van der Waals surface area contributed by atoms with Crippen molar-refractivity contribution in [1.29, 1.82) is 0 Å². The average Bonchev–Trinajstić information content (AvgIpc) is 3.31. The van der Waals surface area contributed by atoms with Gasteiger partial charge in [-0.1, -0.05) is 23.7 Å². The first-order chi connectivity index (χ1) is 15.8. The van der Waals surface area contributed by atoms with Gasteiger partial charge in [0.25, 0.3) is 5.89 Å². The van der Waals surface area contributed by atoms with Crippen molar-refractivity contribution in [3.05, 3.63) is 40.7 Å². The van der Waals surface area contributed by atoms with Gasteiger partial charge in [0, 0.05) is 29.1 Å². The quantitative estimate of drug-likeness (QED) is 0.401. The summed E-state index contributed by atoms with van der Waals surface area (Å²) in [5, 5.41) is 25.3. The highest BCUT2D eigenvalue weighted by Gasteiger charge is 2.19. The number of halogens is 1. The van der Waals surface area contributed by atoms with Crippen molar-refractivity contribution in [3.8, 4) is 34.3 Å². The molecular weight excluding hydrogens is 452 g/mol. The maximum Gasteiger partial charge on any atom is 0.258 e. The molecule has 1 atom stereocenters. The third-order valence-electron chi connectivity index (χ3n) is 4.63. The molecule has 3 aromatic rings. The number of aliphatic hydroxyl groups excluding tert-OH is 2. The van der Waals surface area contributed by atoms with Gasteiger partial charge in [-0.05, 0) is 37.6 Å². The molecule has 0 saturated heterocycles. The van der Waals surface area contributed by atoms with E-state index in [4.69, 9.17) is 30.7 Å². The predicted octanol–water partition coefficient (Wildman–Crippen LogP) is 2.18. The van der Waals surface area contributed by atoms with Gasteiger partial charge in [0.1, 0.15) is 19.3 Å². The first-order valence-electron chi connectivity index (χ1n) is 10.2. The Balaban J connectivity index is 1.79. The van der Waals surface area contributed by atoms with E-state index in [0.717, 1.165) is 23.4 Å². The summed E-state index contributed by atoms with van der Waals surface area (Å²) in [5.74, 6) is 0.603. The Morgan fingerprint density at radius 2 is 2.03 bits per heavy atom. The number of aromatic nitrogens is 3. The molecule has 2 heterocycles. The third kappa shape index (κ3) is 6.19. The van der Waals surface area contributed by atoms with E-state index in [1.807, 2.05) is 26.0 Å². The van der Waals surface area contributed by atoms with Gasteiger partial charge in [0.15, 0.2) is 11.5 Å². The Bertz CT molecular complexity index is 1120. The molecule has 1 aromatic carbocycles. The van der Waals surface area contributed by atoms with E-state index in [9.17, 15) is 9.90 Å². The van der Waals surface area contributed by atoms with Crippen LogP contribution in [0.4, 0.5) is 0 Å². The van der Waals surface area contributed by atoms with Crippen LogP contribution in [0.2, 0.25) is 5.02 Å². The van der Waals surface area contributed by atoms with E-state index in [-0.39, 0.29) is 23.9 Å². The molecule has 3 N–H and O–H groups in total. The van der Waals surface area contributed by atoms with Crippen molar-refractivity contribution in [3.63, 3.8) is 0 Å². The predicted molar refractivity (Wildman–Crippen MR) is 120 cm³/mol. The highest BCUT2D eigenvalue weighted by atomic mass is 35.5. The topological polar surface area (TPSA) is 140 Å². The second kappa shape index (κ2) is 11.1. The number of aryl methyl sites for hydroxylation is 2. The highest BCUT2D eigenvalue weighted by Crippen LogP contribution is 2.39. The van der Waals surface area contributed by atoms with Gasteiger partial charge in [-0.2, -0.15) is 4.98 Å². The van der Waals surface area contributed by atoms with E-state index in [2.05, 4.69) is 20.4 Å². The number of hydrogen-bond donors (Lipinski definition) is 3. The number of hydrogen-bond acceptors (Lipinski definition) is 9. The molecule has 33 heavy (non-hydrogen) atoms. The molecular formula is C22H25ClN4O6. The van der Waals surface area contributed by atoms with Gasteiger partial charge in [0.2, 0.25) is 11.7 Å². The van der Waals surface area contributed by atoms with Gasteiger partial charge < -0.3 is 29.5 Å². The van der Waals surface area contributed by atoms with Gasteiger partial charge in [0.05, 0.1) is 12.1 Å². The smallest absolute Gasteiger partial charge is 0.258 e. The summed E-state index contributed by atoms with van der Waals surface area (Å²) in [6.07, 6.45) is -0.232. The number of carbonyl (C=O) groups is 1. The lowest BCUT2D eigenvalue weighted by Crippen LogP contribution is -2.36. The Kier molecular flexibility index (Phi) is 8.21. The van der Waals surface area contributed by atoms with Crippen LogP contribution in [0.1, 0.15) is 18.3 Å². The summed E-state index contributed by atoms with van der Waals surface area (Å²) >= 11 is 6.40. The number of ether oxygens (including phenoxy) is 2. The lowest BCUT2D eigenvalue weighted by Gasteiger charge is -2.16. The Labute approximate surface area is 195 Å². The summed E-state index contributed by atoms with van der Waals surface area (Å²) in [6, 6.07) is 7.02. The number of aliphatic hydroxyl groups is 2. The van der Waals surface area contributed by atoms with E-state index < -0.39 is 18.6 Å². The molecule has 0 fully saturated rings. The Morgan fingerprint density at radius 3 is 2.73 bits per heavy atom. The van der Waals surface area contributed by atoms with Gasteiger partial charge in [-0.15, -0.1) is 0 Å². The molecule has 1 amide bonds. The maximum absolute atomic E-state index is 11.1. The normalized spacial score (nSPS) is 11.8. The summed E-state index contributed by atoms with van der Waals surface area (Å²) in [6.45, 7) is 3.02. The van der Waals surface area contributed by atoms with Crippen molar-refractivity contribution in [2.45, 2.75) is 26.4 Å². The second-order valence-corrected chi connectivity index (χ2v) is 7.59. The minimum Gasteiger partial charge on any atom is -0.493 e. The minimum atomic E-state index is -1.02. The third-order valence-corrected chi connectivity index (χ3v) is 4.91. The molecule has 10 nitrogen and oxygen atoms in total. The molecule has 0 unspecified atom stereocenters. The van der Waals surface area contributed by atoms with Crippen molar-refractivity contribution in [1.82, 2.24) is 20.4 Å². The largest absolute Gasteiger partial charge is 0.493 e. The SMILES string of the molecule is CCc1cc(-c2nc(-c3cc(Cl)c(OC[C@@H](O)CNC(=O)CO)c(OC)c3)no2)cc(C)n1. The van der Waals surface area contributed by atoms with Crippen LogP contribution in [0.5, 0.6) is 11.5 Å². The number of methoxy groups -OCH3 is 1. The average molecular weight is 477 g/mol. The molecule has 0 saturated carbocycles. The van der Waals surface area contributed by atoms with Crippen LogP contribution in [0.3, 0.4) is 0 Å². The first kappa shape index (κ1) is 24.4. The van der Waals surface area contributed by atoms with Crippen LogP contribution in [0.25, 0.3) is 22.8 Å². The molecule has 3 rings (SSSR count). The van der Waals surface area contributed by atoms with Crippen molar-refractivity contribution >= 4 is 17.5 Å². The maximum atomic E-state index is 11.1. The standard InChI is InChI=1S/C22H25ClN4O6/c1-4-15-6-14(5-12(2)25-15)22-26-21(27-33-22)13-7-17(23)20(18(8-13)31-3)32-11-16(29)9-24-19(30)10-28/h5-8,16,28-29H,4,9-11H2,1-3H3,(H,24,30)/t16-/m0/s1. The lowest BCUT2D eigenvalue weighted by molar-refractivity contribution is -0.124. The fourth-order valence-corrected chi connectivity index (χ4v) is 3.28. The number of nitrogens with one attached hydrogen (secondary N) is 1. The van der Waals surface area contributed by atoms with E-state index in [1.165, 1.54) is 7.11 Å². The van der Waals surface area contributed by atoms with Crippen molar-refractivity contribution in [2.75, 3.05) is 26.9 Å². The van der Waals surface area contributed by atoms with Gasteiger partial charge in [-0.3, -0.25) is 9.78 Å². The van der Waals surface area contributed by atoms with Crippen LogP contribution in [-0.4, -0.2) is 64.2 Å². The first-order valence-corrected chi connectivity index (χ1v) is 10.6. The number of amides is 1. The van der Waals surface area contributed by atoms with E-state index >= 15 is 0 Å².